The summed E-state index contributed by atoms with van der Waals surface area (Å²) in [4.78, 5) is 0.332. The maximum atomic E-state index is 12.9. The topological polar surface area (TPSA) is 58.6 Å². The third kappa shape index (κ3) is 3.39. The van der Waals surface area contributed by atoms with E-state index in [1.165, 1.54) is 0 Å². The molecule has 6 heteroatoms. The molecule has 2 atom stereocenters. The number of hydrogen-bond acceptors (Lipinski definition) is 4. The predicted octanol–water partition coefficient (Wildman–Crippen LogP) is 1.85. The van der Waals surface area contributed by atoms with Gasteiger partial charge < -0.3 is 10.1 Å². The monoisotopic (exact) mass is 312 g/mol. The summed E-state index contributed by atoms with van der Waals surface area (Å²) in [5.74, 6) is 0.660. The molecule has 0 aliphatic carbocycles. The number of hydrogen-bond donors (Lipinski definition) is 1. The molecule has 1 N–H and O–H groups in total. The summed E-state index contributed by atoms with van der Waals surface area (Å²) in [6.07, 6.45) is 2.89. The molecule has 1 aromatic carbocycles. The lowest BCUT2D eigenvalue weighted by Crippen LogP contribution is -2.52. The number of methoxy groups -OCH3 is 1. The Morgan fingerprint density at radius 2 is 1.95 bits per heavy atom. The summed E-state index contributed by atoms with van der Waals surface area (Å²) in [6.45, 7) is 2.62. The van der Waals surface area contributed by atoms with E-state index in [1.807, 2.05) is 14.0 Å². The van der Waals surface area contributed by atoms with Crippen LogP contribution in [0, 0.1) is 0 Å². The normalized spacial score (nSPS) is 22.0. The molecule has 1 heterocycles. The molecule has 1 fully saturated rings. The number of nitrogens with one attached hydrogen (secondary N) is 1. The molecule has 1 saturated heterocycles. The second kappa shape index (κ2) is 6.77. The Labute approximate surface area is 127 Å². The number of piperidine rings is 1. The van der Waals surface area contributed by atoms with Gasteiger partial charge in [-0.05, 0) is 51.1 Å². The fraction of sp³-hybridized carbons (Fsp3) is 0.600. The van der Waals surface area contributed by atoms with Crippen molar-refractivity contribution in [1.29, 1.82) is 0 Å². The molecule has 21 heavy (non-hydrogen) atoms. The van der Waals surface area contributed by atoms with Crippen molar-refractivity contribution in [2.24, 2.45) is 0 Å². The number of sulfonamides is 1. The van der Waals surface area contributed by atoms with Gasteiger partial charge in [-0.2, -0.15) is 4.31 Å². The first-order chi connectivity index (χ1) is 10.0. The summed E-state index contributed by atoms with van der Waals surface area (Å²) in [5, 5.41) is 3.18. The van der Waals surface area contributed by atoms with E-state index < -0.39 is 10.0 Å². The standard InChI is InChI=1S/C15H24N2O3S/c1-12(16-2)15-6-4-5-11-17(15)21(18,19)14-9-7-13(20-3)8-10-14/h7-10,12,15-16H,4-6,11H2,1-3H3. The summed E-state index contributed by atoms with van der Waals surface area (Å²) < 4.78 is 32.5. The predicted molar refractivity (Wildman–Crippen MR) is 83.0 cm³/mol. The van der Waals surface area contributed by atoms with Gasteiger partial charge in [-0.1, -0.05) is 6.42 Å². The van der Waals surface area contributed by atoms with Gasteiger partial charge in [-0.3, -0.25) is 0 Å². The number of nitrogens with zero attached hydrogens (tertiary/aromatic N) is 1. The maximum absolute atomic E-state index is 12.9. The minimum atomic E-state index is -3.45. The summed E-state index contributed by atoms with van der Waals surface area (Å²) in [6, 6.07) is 6.75. The van der Waals surface area contributed by atoms with E-state index in [9.17, 15) is 8.42 Å². The minimum absolute atomic E-state index is 0.0100. The SMILES string of the molecule is CNC(C)C1CCCCN1S(=O)(=O)c1ccc(OC)cc1. The second-order valence-corrected chi connectivity index (χ2v) is 7.32. The van der Waals surface area contributed by atoms with Gasteiger partial charge in [0.2, 0.25) is 10.0 Å². The zero-order chi connectivity index (χ0) is 15.5. The van der Waals surface area contributed by atoms with Crippen molar-refractivity contribution in [2.45, 2.75) is 43.2 Å². The van der Waals surface area contributed by atoms with Gasteiger partial charge in [-0.15, -0.1) is 0 Å². The first-order valence-corrected chi connectivity index (χ1v) is 8.78. The Balaban J connectivity index is 2.30. The molecule has 0 radical (unpaired) electrons. The van der Waals surface area contributed by atoms with E-state index in [2.05, 4.69) is 5.32 Å². The van der Waals surface area contributed by atoms with Crippen LogP contribution in [0.4, 0.5) is 0 Å². The van der Waals surface area contributed by atoms with Crippen molar-refractivity contribution >= 4 is 10.0 Å². The number of benzene rings is 1. The fourth-order valence-electron chi connectivity index (χ4n) is 2.80. The molecule has 0 spiro atoms. The van der Waals surface area contributed by atoms with Crippen LogP contribution in [0.3, 0.4) is 0 Å². The molecule has 118 valence electrons. The van der Waals surface area contributed by atoms with Crippen molar-refractivity contribution in [2.75, 3.05) is 20.7 Å². The third-order valence-corrected chi connectivity index (χ3v) is 6.14. The van der Waals surface area contributed by atoms with Crippen LogP contribution < -0.4 is 10.1 Å². The van der Waals surface area contributed by atoms with Crippen LogP contribution in [0.1, 0.15) is 26.2 Å². The highest BCUT2D eigenvalue weighted by Crippen LogP contribution is 2.28. The van der Waals surface area contributed by atoms with Crippen LogP contribution in [0.15, 0.2) is 29.2 Å². The van der Waals surface area contributed by atoms with Crippen LogP contribution >= 0.6 is 0 Å². The van der Waals surface area contributed by atoms with E-state index in [4.69, 9.17) is 4.74 Å². The summed E-state index contributed by atoms with van der Waals surface area (Å²) in [5.41, 5.74) is 0. The van der Waals surface area contributed by atoms with E-state index in [1.54, 1.807) is 35.7 Å². The molecular formula is C15H24N2O3S. The lowest BCUT2D eigenvalue weighted by atomic mass is 9.99. The average molecular weight is 312 g/mol. The van der Waals surface area contributed by atoms with Crippen LogP contribution in [-0.4, -0.2) is 45.5 Å². The Hall–Kier alpha value is -1.11. The summed E-state index contributed by atoms with van der Waals surface area (Å²) in [7, 11) is -0.0128. The zero-order valence-corrected chi connectivity index (χ0v) is 13.7. The number of ether oxygens (including phenoxy) is 1. The van der Waals surface area contributed by atoms with Crippen LogP contribution in [0.5, 0.6) is 5.75 Å². The van der Waals surface area contributed by atoms with Gasteiger partial charge in [-0.25, -0.2) is 8.42 Å². The highest BCUT2D eigenvalue weighted by Gasteiger charge is 2.35. The Bertz CT molecular complexity index is 557. The average Bonchev–Trinajstić information content (AvgIpc) is 2.54. The van der Waals surface area contributed by atoms with Gasteiger partial charge in [0.1, 0.15) is 5.75 Å². The molecule has 2 unspecified atom stereocenters. The highest BCUT2D eigenvalue weighted by molar-refractivity contribution is 7.89. The second-order valence-electron chi connectivity index (χ2n) is 5.43. The molecule has 5 nitrogen and oxygen atoms in total. The quantitative estimate of drug-likeness (QED) is 0.901. The molecule has 1 aliphatic heterocycles. The van der Waals surface area contributed by atoms with E-state index >= 15 is 0 Å². The van der Waals surface area contributed by atoms with E-state index in [-0.39, 0.29) is 12.1 Å². The van der Waals surface area contributed by atoms with Crippen molar-refractivity contribution in [3.8, 4) is 5.75 Å². The Kier molecular flexibility index (Phi) is 5.24. The number of rotatable bonds is 5. The fourth-order valence-corrected chi connectivity index (χ4v) is 4.57. The molecule has 2 rings (SSSR count). The molecular weight excluding hydrogens is 288 g/mol. The smallest absolute Gasteiger partial charge is 0.243 e. The van der Waals surface area contributed by atoms with Gasteiger partial charge in [0, 0.05) is 18.6 Å². The number of likely N-dealkylation sites (N-methyl/N-ethyl adjacent to an activating group) is 1. The minimum Gasteiger partial charge on any atom is -0.497 e. The van der Waals surface area contributed by atoms with E-state index in [0.717, 1.165) is 19.3 Å². The largest absolute Gasteiger partial charge is 0.497 e. The van der Waals surface area contributed by atoms with E-state index in [0.29, 0.717) is 17.2 Å². The van der Waals surface area contributed by atoms with Gasteiger partial charge in [0.05, 0.1) is 12.0 Å². The van der Waals surface area contributed by atoms with Gasteiger partial charge >= 0.3 is 0 Å². The first-order valence-electron chi connectivity index (χ1n) is 7.34. The highest BCUT2D eigenvalue weighted by atomic mass is 32.2. The van der Waals surface area contributed by atoms with Crippen molar-refractivity contribution in [3.63, 3.8) is 0 Å². The van der Waals surface area contributed by atoms with Crippen molar-refractivity contribution in [3.05, 3.63) is 24.3 Å². The van der Waals surface area contributed by atoms with Gasteiger partial charge in [0.25, 0.3) is 0 Å². The zero-order valence-electron chi connectivity index (χ0n) is 12.9. The molecule has 1 aromatic rings. The van der Waals surface area contributed by atoms with Crippen molar-refractivity contribution < 1.29 is 13.2 Å². The van der Waals surface area contributed by atoms with Gasteiger partial charge in [0.15, 0.2) is 0 Å². The molecule has 1 aliphatic rings. The van der Waals surface area contributed by atoms with Crippen molar-refractivity contribution in [1.82, 2.24) is 9.62 Å². The molecule has 0 bridgehead atoms. The van der Waals surface area contributed by atoms with Crippen LogP contribution in [0.25, 0.3) is 0 Å². The molecule has 0 saturated carbocycles. The third-order valence-electron chi connectivity index (χ3n) is 4.20. The van der Waals surface area contributed by atoms with Crippen LogP contribution in [0.2, 0.25) is 0 Å². The lowest BCUT2D eigenvalue weighted by molar-refractivity contribution is 0.213. The Morgan fingerprint density at radius 1 is 1.29 bits per heavy atom. The lowest BCUT2D eigenvalue weighted by Gasteiger charge is -2.38. The maximum Gasteiger partial charge on any atom is 0.243 e. The summed E-state index contributed by atoms with van der Waals surface area (Å²) >= 11 is 0. The molecule has 0 aromatic heterocycles. The Morgan fingerprint density at radius 3 is 2.52 bits per heavy atom. The first kappa shape index (κ1) is 16.3. The van der Waals surface area contributed by atoms with Crippen LogP contribution in [-0.2, 0) is 10.0 Å². The molecule has 0 amide bonds.